The summed E-state index contributed by atoms with van der Waals surface area (Å²) >= 11 is 6.01. The zero-order valence-corrected chi connectivity index (χ0v) is 11.1. The molecular weight excluding hydrogens is 307 g/mol. The Morgan fingerprint density at radius 3 is 2.52 bits per heavy atom. The first-order valence-corrected chi connectivity index (χ1v) is 6.16. The van der Waals surface area contributed by atoms with Crippen LogP contribution in [0.15, 0.2) is 42.7 Å². The molecule has 0 saturated carbocycles. The lowest BCUT2D eigenvalue weighted by Gasteiger charge is -2.09. The van der Waals surface area contributed by atoms with Gasteiger partial charge in [0.15, 0.2) is 0 Å². The molecule has 2 heterocycles. The lowest BCUT2D eigenvalue weighted by molar-refractivity contribution is -0.274. The van der Waals surface area contributed by atoms with Crippen molar-refractivity contribution in [3.63, 3.8) is 0 Å². The summed E-state index contributed by atoms with van der Waals surface area (Å²) < 4.78 is 41.7. The number of benzene rings is 1. The largest absolute Gasteiger partial charge is 0.573 e. The van der Waals surface area contributed by atoms with E-state index >= 15 is 0 Å². The van der Waals surface area contributed by atoms with Crippen LogP contribution in [-0.4, -0.2) is 20.7 Å². The molecule has 0 amide bonds. The first kappa shape index (κ1) is 13.7. The highest BCUT2D eigenvalue weighted by Crippen LogP contribution is 2.26. The number of fused-ring (bicyclic) bond motifs is 1. The summed E-state index contributed by atoms with van der Waals surface area (Å²) in [5, 5.41) is 0.218. The zero-order valence-electron chi connectivity index (χ0n) is 10.3. The maximum atomic E-state index is 12.1. The van der Waals surface area contributed by atoms with Crippen molar-refractivity contribution < 1.29 is 17.9 Å². The van der Waals surface area contributed by atoms with Crippen molar-refractivity contribution in [3.8, 4) is 17.0 Å². The third-order valence-electron chi connectivity index (χ3n) is 2.73. The second kappa shape index (κ2) is 4.92. The summed E-state index contributed by atoms with van der Waals surface area (Å²) in [6, 6.07) is 7.06. The summed E-state index contributed by atoms with van der Waals surface area (Å²) in [6.07, 6.45) is -1.47. The summed E-state index contributed by atoms with van der Waals surface area (Å²) in [7, 11) is 0. The summed E-state index contributed by atoms with van der Waals surface area (Å²) in [5.41, 5.74) is 1.72. The van der Waals surface area contributed by atoms with Crippen molar-refractivity contribution in [1.82, 2.24) is 14.4 Å². The van der Waals surface area contributed by atoms with Crippen molar-refractivity contribution in [2.75, 3.05) is 0 Å². The molecule has 1 aromatic carbocycles. The molecule has 21 heavy (non-hydrogen) atoms. The van der Waals surface area contributed by atoms with E-state index < -0.39 is 6.36 Å². The minimum Gasteiger partial charge on any atom is -0.406 e. The molecule has 4 nitrogen and oxygen atoms in total. The predicted octanol–water partition coefficient (Wildman–Crippen LogP) is 3.95. The van der Waals surface area contributed by atoms with E-state index in [-0.39, 0.29) is 11.0 Å². The van der Waals surface area contributed by atoms with Crippen molar-refractivity contribution in [3.05, 3.63) is 48.0 Å². The van der Waals surface area contributed by atoms with E-state index in [1.807, 2.05) is 0 Å². The smallest absolute Gasteiger partial charge is 0.406 e. The highest BCUT2D eigenvalue weighted by atomic mass is 35.5. The van der Waals surface area contributed by atoms with Crippen molar-refractivity contribution in [1.29, 1.82) is 0 Å². The molecule has 0 aliphatic rings. The van der Waals surface area contributed by atoms with Gasteiger partial charge in [0.05, 0.1) is 5.69 Å². The number of ether oxygens (including phenoxy) is 1. The first-order chi connectivity index (χ1) is 9.92. The quantitative estimate of drug-likeness (QED) is 0.673. The summed E-state index contributed by atoms with van der Waals surface area (Å²) in [6.45, 7) is 0. The van der Waals surface area contributed by atoms with Gasteiger partial charge in [-0.15, -0.1) is 13.2 Å². The number of halogens is 4. The Morgan fingerprint density at radius 1 is 1.14 bits per heavy atom. The lowest BCUT2D eigenvalue weighted by Crippen LogP contribution is -2.16. The zero-order chi connectivity index (χ0) is 15.0. The van der Waals surface area contributed by atoms with Crippen LogP contribution in [0.1, 0.15) is 0 Å². The molecule has 0 fully saturated rings. The Bertz CT molecular complexity index is 783. The fourth-order valence-electron chi connectivity index (χ4n) is 1.86. The third kappa shape index (κ3) is 2.92. The van der Waals surface area contributed by atoms with Gasteiger partial charge < -0.3 is 4.74 Å². The maximum Gasteiger partial charge on any atom is 0.573 e. The number of nitrogens with zero attached hydrogens (tertiary/aromatic N) is 3. The highest BCUT2D eigenvalue weighted by molar-refractivity contribution is 6.28. The molecule has 108 valence electrons. The molecule has 0 atom stereocenters. The Balaban J connectivity index is 1.95. The van der Waals surface area contributed by atoms with E-state index in [2.05, 4.69) is 14.7 Å². The monoisotopic (exact) mass is 313 g/mol. The summed E-state index contributed by atoms with van der Waals surface area (Å²) in [4.78, 5) is 8.27. The number of aromatic nitrogens is 3. The SMILES string of the molecule is FC(F)(F)Oc1ccc(-c2cc3nccn3c(Cl)n2)cc1. The number of rotatable bonds is 2. The molecule has 0 aliphatic carbocycles. The Kier molecular flexibility index (Phi) is 3.21. The molecule has 2 aromatic heterocycles. The van der Waals surface area contributed by atoms with Crippen LogP contribution >= 0.6 is 11.6 Å². The van der Waals surface area contributed by atoms with Crippen molar-refractivity contribution in [2.45, 2.75) is 6.36 Å². The van der Waals surface area contributed by atoms with Crippen LogP contribution in [0, 0.1) is 0 Å². The van der Waals surface area contributed by atoms with Crippen molar-refractivity contribution in [2.24, 2.45) is 0 Å². The Morgan fingerprint density at radius 2 is 1.86 bits per heavy atom. The van der Waals surface area contributed by atoms with E-state index in [1.54, 1.807) is 22.9 Å². The minimum atomic E-state index is -4.71. The van der Waals surface area contributed by atoms with Gasteiger partial charge in [0.1, 0.15) is 11.4 Å². The van der Waals surface area contributed by atoms with Crippen LogP contribution in [0.4, 0.5) is 13.2 Å². The Labute approximate surface area is 121 Å². The molecule has 8 heteroatoms. The number of hydrogen-bond acceptors (Lipinski definition) is 3. The van der Waals surface area contributed by atoms with Gasteiger partial charge in [-0.05, 0) is 35.9 Å². The molecule has 0 N–H and O–H groups in total. The average Bonchev–Trinajstić information content (AvgIpc) is 2.86. The standard InChI is InChI=1S/C13H7ClF3N3O/c14-12-19-10(7-11-18-5-6-20(11)12)8-1-3-9(4-2-8)21-13(15,16)17/h1-7H. The fourth-order valence-corrected chi connectivity index (χ4v) is 2.09. The first-order valence-electron chi connectivity index (χ1n) is 5.78. The lowest BCUT2D eigenvalue weighted by atomic mass is 10.1. The average molecular weight is 314 g/mol. The topological polar surface area (TPSA) is 39.4 Å². The number of hydrogen-bond donors (Lipinski definition) is 0. The second-order valence-electron chi connectivity index (χ2n) is 4.14. The molecule has 0 unspecified atom stereocenters. The normalized spacial score (nSPS) is 11.8. The van der Waals surface area contributed by atoms with Crippen LogP contribution in [-0.2, 0) is 0 Å². The fraction of sp³-hybridized carbons (Fsp3) is 0.0769. The molecule has 0 spiro atoms. The van der Waals surface area contributed by atoms with E-state index in [4.69, 9.17) is 11.6 Å². The minimum absolute atomic E-state index is 0.218. The molecule has 0 aliphatic heterocycles. The van der Waals surface area contributed by atoms with Crippen LogP contribution in [0.2, 0.25) is 5.28 Å². The van der Waals surface area contributed by atoms with Gasteiger partial charge in [-0.3, -0.25) is 4.40 Å². The molecule has 3 aromatic rings. The van der Waals surface area contributed by atoms with E-state index in [0.717, 1.165) is 0 Å². The second-order valence-corrected chi connectivity index (χ2v) is 4.48. The van der Waals surface area contributed by atoms with Gasteiger partial charge in [0.25, 0.3) is 0 Å². The summed E-state index contributed by atoms with van der Waals surface area (Å²) in [5.74, 6) is -0.292. The van der Waals surface area contributed by atoms with E-state index in [0.29, 0.717) is 16.9 Å². The van der Waals surface area contributed by atoms with E-state index in [9.17, 15) is 13.2 Å². The van der Waals surface area contributed by atoms with Gasteiger partial charge in [-0.1, -0.05) is 0 Å². The van der Waals surface area contributed by atoms with Gasteiger partial charge in [0.2, 0.25) is 5.28 Å². The number of imidazole rings is 1. The van der Waals surface area contributed by atoms with Crippen LogP contribution in [0.3, 0.4) is 0 Å². The van der Waals surface area contributed by atoms with Gasteiger partial charge in [-0.2, -0.15) is 0 Å². The maximum absolute atomic E-state index is 12.1. The van der Waals surface area contributed by atoms with Crippen LogP contribution in [0.25, 0.3) is 16.9 Å². The Hall–Kier alpha value is -2.28. The highest BCUT2D eigenvalue weighted by Gasteiger charge is 2.30. The molecule has 3 rings (SSSR count). The van der Waals surface area contributed by atoms with Crippen molar-refractivity contribution >= 4 is 17.2 Å². The van der Waals surface area contributed by atoms with Crippen LogP contribution in [0.5, 0.6) is 5.75 Å². The third-order valence-corrected chi connectivity index (χ3v) is 3.00. The van der Waals surface area contributed by atoms with Gasteiger partial charge in [0, 0.05) is 24.0 Å². The molecule has 0 saturated heterocycles. The van der Waals surface area contributed by atoms with Gasteiger partial charge >= 0.3 is 6.36 Å². The molecule has 0 bridgehead atoms. The van der Waals surface area contributed by atoms with Gasteiger partial charge in [-0.25, -0.2) is 9.97 Å². The van der Waals surface area contributed by atoms with Crippen LogP contribution < -0.4 is 4.74 Å². The molecular formula is C13H7ClF3N3O. The number of alkyl halides is 3. The predicted molar refractivity (Wildman–Crippen MR) is 70.1 cm³/mol. The van der Waals surface area contributed by atoms with E-state index in [1.165, 1.54) is 24.3 Å². The molecule has 0 radical (unpaired) electrons.